The molecule has 6 nitrogen and oxygen atoms in total. The molecule has 0 amide bonds. The zero-order chi connectivity index (χ0) is 15.5. The van der Waals surface area contributed by atoms with Crippen LogP contribution in [0.5, 0.6) is 0 Å². The molecule has 1 fully saturated rings. The molecule has 1 aliphatic rings. The van der Waals surface area contributed by atoms with Crippen LogP contribution < -0.4 is 10.2 Å². The van der Waals surface area contributed by atoms with Gasteiger partial charge >= 0.3 is 5.95 Å². The molecule has 0 atom stereocenters. The minimum absolute atomic E-state index is 0.603. The van der Waals surface area contributed by atoms with Crippen molar-refractivity contribution in [1.29, 1.82) is 0 Å². The van der Waals surface area contributed by atoms with E-state index >= 15 is 0 Å². The zero-order valence-corrected chi connectivity index (χ0v) is 12.8. The molecular weight excluding hydrogens is 292 g/mol. The van der Waals surface area contributed by atoms with Gasteiger partial charge in [-0.3, -0.25) is 4.90 Å². The average Bonchev–Trinajstić information content (AvgIpc) is 3.14. The quantitative estimate of drug-likeness (QED) is 0.762. The first kappa shape index (κ1) is 14.2. The van der Waals surface area contributed by atoms with E-state index in [2.05, 4.69) is 5.32 Å². The number of aromatic nitrogens is 2. The Morgan fingerprint density at radius 1 is 1.04 bits per heavy atom. The van der Waals surface area contributed by atoms with Crippen molar-refractivity contribution in [2.75, 3.05) is 31.6 Å². The monoisotopic (exact) mass is 311 g/mol. The Morgan fingerprint density at radius 2 is 1.91 bits per heavy atom. The number of furan rings is 1. The lowest BCUT2D eigenvalue weighted by atomic mass is 10.2. The van der Waals surface area contributed by atoms with Crippen molar-refractivity contribution >= 4 is 22.7 Å². The van der Waals surface area contributed by atoms with E-state index < -0.39 is 0 Å². The number of hydrogen-bond donors (Lipinski definition) is 2. The number of para-hydroxylation sites is 1. The molecule has 0 bridgehead atoms. The Labute approximate surface area is 134 Å². The van der Waals surface area contributed by atoms with Crippen LogP contribution >= 0.6 is 0 Å². The van der Waals surface area contributed by atoms with E-state index in [1.165, 1.54) is 4.90 Å². The van der Waals surface area contributed by atoms with Crippen molar-refractivity contribution in [1.82, 2.24) is 9.97 Å². The number of benzene rings is 1. The summed E-state index contributed by atoms with van der Waals surface area (Å²) >= 11 is 0. The van der Waals surface area contributed by atoms with E-state index in [1.807, 2.05) is 36.4 Å². The van der Waals surface area contributed by atoms with Crippen molar-refractivity contribution in [2.24, 2.45) is 0 Å². The van der Waals surface area contributed by atoms with Crippen LogP contribution in [0.15, 0.2) is 47.1 Å². The summed E-state index contributed by atoms with van der Waals surface area (Å²) in [5.74, 6) is 2.56. The van der Waals surface area contributed by atoms with Gasteiger partial charge in [-0.1, -0.05) is 12.1 Å². The summed E-state index contributed by atoms with van der Waals surface area (Å²) in [4.78, 5) is 10.8. The molecule has 0 radical (unpaired) electrons. The lowest BCUT2D eigenvalue weighted by Crippen LogP contribution is -3.10. The standard InChI is InChI=1S/C17H18N4O2/c1-2-6-15-14(5-1)16(18-12-13-4-3-9-23-13)20-17(19-15)21-7-10-22-11-8-21/h1-6,9H,7-8,10-12H2,(H,18,19,20)/p+1. The molecule has 2 N–H and O–H groups in total. The first-order chi connectivity index (χ1) is 11.4. The van der Waals surface area contributed by atoms with Crippen molar-refractivity contribution in [2.45, 2.75) is 6.54 Å². The van der Waals surface area contributed by atoms with Gasteiger partial charge in [0.2, 0.25) is 0 Å². The number of nitrogens with one attached hydrogen (secondary N) is 2. The molecule has 2 aromatic heterocycles. The SMILES string of the molecule is c1coc(CNc2nc([NH+]3CCOCC3)nc3ccccc23)c1. The number of hydrogen-bond acceptors (Lipinski definition) is 5. The van der Waals surface area contributed by atoms with Gasteiger partial charge in [-0.05, 0) is 24.3 Å². The third kappa shape index (κ3) is 3.04. The number of rotatable bonds is 4. The third-order valence-corrected chi connectivity index (χ3v) is 4.03. The average molecular weight is 311 g/mol. The van der Waals surface area contributed by atoms with Gasteiger partial charge in [-0.2, -0.15) is 9.97 Å². The maximum atomic E-state index is 5.43. The van der Waals surface area contributed by atoms with Gasteiger partial charge in [0, 0.05) is 5.39 Å². The van der Waals surface area contributed by atoms with Crippen LogP contribution in [0, 0.1) is 0 Å². The zero-order valence-electron chi connectivity index (χ0n) is 12.8. The highest BCUT2D eigenvalue weighted by molar-refractivity contribution is 5.89. The minimum atomic E-state index is 0.603. The molecule has 118 valence electrons. The van der Waals surface area contributed by atoms with Crippen molar-refractivity contribution in [3.8, 4) is 0 Å². The summed E-state index contributed by atoms with van der Waals surface area (Å²) in [6.45, 7) is 3.90. The number of quaternary nitrogens is 1. The minimum Gasteiger partial charge on any atom is -0.467 e. The molecule has 1 aromatic carbocycles. The Kier molecular flexibility index (Phi) is 3.92. The summed E-state index contributed by atoms with van der Waals surface area (Å²) in [5.41, 5.74) is 0.957. The highest BCUT2D eigenvalue weighted by Gasteiger charge is 2.21. The summed E-state index contributed by atoms with van der Waals surface area (Å²) in [6, 6.07) is 11.9. The fraction of sp³-hybridized carbons (Fsp3) is 0.294. The Hall–Kier alpha value is -2.44. The van der Waals surface area contributed by atoms with Crippen LogP contribution in [0.3, 0.4) is 0 Å². The number of nitrogens with zero attached hydrogens (tertiary/aromatic N) is 2. The number of ether oxygens (including phenoxy) is 1. The van der Waals surface area contributed by atoms with Crippen LogP contribution in [-0.4, -0.2) is 36.3 Å². The van der Waals surface area contributed by atoms with E-state index in [0.29, 0.717) is 6.54 Å². The molecule has 23 heavy (non-hydrogen) atoms. The molecule has 0 spiro atoms. The highest BCUT2D eigenvalue weighted by atomic mass is 16.5. The predicted octanol–water partition coefficient (Wildman–Crippen LogP) is 1.38. The maximum absolute atomic E-state index is 5.43. The molecule has 3 aromatic rings. The molecule has 1 saturated heterocycles. The lowest BCUT2D eigenvalue weighted by molar-refractivity contribution is -0.847. The Bertz CT molecular complexity index is 782. The highest BCUT2D eigenvalue weighted by Crippen LogP contribution is 2.21. The fourth-order valence-corrected chi connectivity index (χ4v) is 2.79. The molecule has 0 saturated carbocycles. The van der Waals surface area contributed by atoms with E-state index in [4.69, 9.17) is 19.1 Å². The number of morpholine rings is 1. The second-order valence-electron chi connectivity index (χ2n) is 5.56. The molecule has 4 rings (SSSR count). The van der Waals surface area contributed by atoms with Crippen LogP contribution in [-0.2, 0) is 11.3 Å². The molecule has 6 heteroatoms. The molecular formula is C17H19N4O2+. The Morgan fingerprint density at radius 3 is 2.74 bits per heavy atom. The first-order valence-electron chi connectivity index (χ1n) is 7.86. The van der Waals surface area contributed by atoms with Crippen molar-refractivity contribution in [3.05, 3.63) is 48.4 Å². The Balaban J connectivity index is 1.68. The molecule has 3 heterocycles. The van der Waals surface area contributed by atoms with Gasteiger partial charge in [0.1, 0.15) is 24.7 Å². The van der Waals surface area contributed by atoms with Gasteiger partial charge in [0.15, 0.2) is 0 Å². The maximum Gasteiger partial charge on any atom is 0.329 e. The number of anilines is 1. The van der Waals surface area contributed by atoms with E-state index in [0.717, 1.165) is 54.7 Å². The van der Waals surface area contributed by atoms with Gasteiger partial charge in [0.05, 0.1) is 31.5 Å². The lowest BCUT2D eigenvalue weighted by Gasteiger charge is -2.22. The topological polar surface area (TPSA) is 64.6 Å². The normalized spacial score (nSPS) is 15.8. The second kappa shape index (κ2) is 6.36. The van der Waals surface area contributed by atoms with E-state index in [-0.39, 0.29) is 0 Å². The smallest absolute Gasteiger partial charge is 0.329 e. The van der Waals surface area contributed by atoms with Gasteiger partial charge in [-0.15, -0.1) is 0 Å². The van der Waals surface area contributed by atoms with Crippen molar-refractivity contribution < 1.29 is 14.1 Å². The van der Waals surface area contributed by atoms with Gasteiger partial charge in [-0.25, -0.2) is 0 Å². The van der Waals surface area contributed by atoms with E-state index in [1.54, 1.807) is 6.26 Å². The van der Waals surface area contributed by atoms with Crippen LogP contribution in [0.4, 0.5) is 11.8 Å². The van der Waals surface area contributed by atoms with E-state index in [9.17, 15) is 0 Å². The van der Waals surface area contributed by atoms with Crippen LogP contribution in [0.1, 0.15) is 5.76 Å². The van der Waals surface area contributed by atoms with Crippen molar-refractivity contribution in [3.63, 3.8) is 0 Å². The summed E-state index contributed by atoms with van der Waals surface area (Å²) in [7, 11) is 0. The summed E-state index contributed by atoms with van der Waals surface area (Å²) in [6.07, 6.45) is 1.68. The number of fused-ring (bicyclic) bond motifs is 1. The summed E-state index contributed by atoms with van der Waals surface area (Å²) in [5, 5.41) is 4.40. The molecule has 1 aliphatic heterocycles. The molecule has 0 unspecified atom stereocenters. The van der Waals surface area contributed by atoms with Crippen LogP contribution in [0.2, 0.25) is 0 Å². The van der Waals surface area contributed by atoms with Crippen LogP contribution in [0.25, 0.3) is 10.9 Å². The first-order valence-corrected chi connectivity index (χ1v) is 7.86. The fourth-order valence-electron chi connectivity index (χ4n) is 2.79. The largest absolute Gasteiger partial charge is 0.467 e. The second-order valence-corrected chi connectivity index (χ2v) is 5.56. The van der Waals surface area contributed by atoms with Gasteiger partial charge in [0.25, 0.3) is 0 Å². The van der Waals surface area contributed by atoms with Gasteiger partial charge < -0.3 is 14.5 Å². The predicted molar refractivity (Wildman–Crippen MR) is 86.7 cm³/mol. The third-order valence-electron chi connectivity index (χ3n) is 4.03. The molecule has 0 aliphatic carbocycles. The summed E-state index contributed by atoms with van der Waals surface area (Å²) < 4.78 is 10.8.